The van der Waals surface area contributed by atoms with Crippen molar-refractivity contribution in [3.63, 3.8) is 0 Å². The van der Waals surface area contributed by atoms with Crippen molar-refractivity contribution in [1.82, 2.24) is 30.0 Å². The summed E-state index contributed by atoms with van der Waals surface area (Å²) in [5, 5.41) is 11.6. The first-order valence-electron chi connectivity index (χ1n) is 8.57. The normalized spacial score (nSPS) is 14.8. The van der Waals surface area contributed by atoms with Crippen LogP contribution in [0, 0.1) is 0 Å². The van der Waals surface area contributed by atoms with Crippen LogP contribution in [-0.4, -0.2) is 83.4 Å². The van der Waals surface area contributed by atoms with Gasteiger partial charge in [-0.05, 0) is 33.1 Å². The van der Waals surface area contributed by atoms with E-state index in [4.69, 9.17) is 0 Å². The van der Waals surface area contributed by atoms with Crippen molar-refractivity contribution in [3.8, 4) is 0 Å². The highest BCUT2D eigenvalue weighted by Gasteiger charge is 2.21. The summed E-state index contributed by atoms with van der Waals surface area (Å²) in [6.45, 7) is 5.24. The van der Waals surface area contributed by atoms with E-state index in [-0.39, 0.29) is 0 Å². The fourth-order valence-electron chi connectivity index (χ4n) is 2.69. The van der Waals surface area contributed by atoms with Crippen molar-refractivity contribution in [2.24, 2.45) is 0 Å². The molecule has 2 aromatic heterocycles. The fourth-order valence-corrected chi connectivity index (χ4v) is 2.69. The van der Waals surface area contributed by atoms with E-state index in [9.17, 15) is 0 Å². The number of nitrogens with one attached hydrogen (secondary N) is 1. The molecule has 3 rings (SSSR count). The van der Waals surface area contributed by atoms with E-state index in [0.29, 0.717) is 5.95 Å². The molecule has 0 saturated carbocycles. The van der Waals surface area contributed by atoms with Crippen LogP contribution in [0.15, 0.2) is 24.7 Å². The summed E-state index contributed by atoms with van der Waals surface area (Å²) >= 11 is 0. The number of hydrogen-bond acceptors (Lipinski definition) is 9. The third kappa shape index (κ3) is 4.96. The predicted molar refractivity (Wildman–Crippen MR) is 97.9 cm³/mol. The predicted octanol–water partition coefficient (Wildman–Crippen LogP) is 0.352. The number of hydrogen-bond donors (Lipinski definition) is 1. The molecule has 1 fully saturated rings. The standard InChI is InChI=1S/C16H25N9/c1-23(2)8-4-7-17-14-13-20-22-16(21-14)25-11-9-24(10-12-25)15-18-5-3-6-19-15/h3,5-6,13H,4,7-12H2,1-2H3,(H,17,21,22). The third-order valence-electron chi connectivity index (χ3n) is 4.03. The van der Waals surface area contributed by atoms with Crippen LogP contribution in [0.3, 0.4) is 0 Å². The smallest absolute Gasteiger partial charge is 0.247 e. The van der Waals surface area contributed by atoms with E-state index in [1.165, 1.54) is 0 Å². The van der Waals surface area contributed by atoms with Crippen LogP contribution in [0.4, 0.5) is 17.7 Å². The Morgan fingerprint density at radius 1 is 1.04 bits per heavy atom. The summed E-state index contributed by atoms with van der Waals surface area (Å²) in [5.74, 6) is 2.22. The van der Waals surface area contributed by atoms with Gasteiger partial charge in [0.05, 0.1) is 6.20 Å². The lowest BCUT2D eigenvalue weighted by molar-refractivity contribution is 0.405. The van der Waals surface area contributed by atoms with Gasteiger partial charge in [0.2, 0.25) is 11.9 Å². The first-order chi connectivity index (χ1) is 12.2. The molecule has 0 spiro atoms. The van der Waals surface area contributed by atoms with Crippen molar-refractivity contribution in [1.29, 1.82) is 0 Å². The molecule has 9 nitrogen and oxygen atoms in total. The van der Waals surface area contributed by atoms with Crippen LogP contribution in [0.5, 0.6) is 0 Å². The molecule has 2 aromatic rings. The maximum absolute atomic E-state index is 4.59. The molecule has 25 heavy (non-hydrogen) atoms. The van der Waals surface area contributed by atoms with Crippen LogP contribution in [0.25, 0.3) is 0 Å². The molecule has 1 aliphatic heterocycles. The lowest BCUT2D eigenvalue weighted by Crippen LogP contribution is -2.47. The third-order valence-corrected chi connectivity index (χ3v) is 4.03. The largest absolute Gasteiger partial charge is 0.369 e. The van der Waals surface area contributed by atoms with Crippen molar-refractivity contribution >= 4 is 17.7 Å². The van der Waals surface area contributed by atoms with Crippen molar-refractivity contribution in [2.45, 2.75) is 6.42 Å². The second-order valence-corrected chi connectivity index (χ2v) is 6.25. The van der Waals surface area contributed by atoms with Crippen LogP contribution in [0.2, 0.25) is 0 Å². The average molecular weight is 343 g/mol. The van der Waals surface area contributed by atoms with Crippen molar-refractivity contribution < 1.29 is 0 Å². The number of nitrogens with zero attached hydrogens (tertiary/aromatic N) is 8. The molecular weight excluding hydrogens is 318 g/mol. The van der Waals surface area contributed by atoms with Crippen LogP contribution in [0.1, 0.15) is 6.42 Å². The molecule has 1 aliphatic rings. The zero-order valence-corrected chi connectivity index (χ0v) is 14.8. The molecule has 0 amide bonds. The molecule has 1 saturated heterocycles. The van der Waals surface area contributed by atoms with Gasteiger partial charge in [0, 0.05) is 45.1 Å². The molecule has 134 valence electrons. The summed E-state index contributed by atoms with van der Waals surface area (Å²) in [5.41, 5.74) is 0. The van der Waals surface area contributed by atoms with Crippen molar-refractivity contribution in [3.05, 3.63) is 24.7 Å². The molecule has 3 heterocycles. The first kappa shape index (κ1) is 17.3. The molecule has 0 radical (unpaired) electrons. The maximum Gasteiger partial charge on any atom is 0.247 e. The highest BCUT2D eigenvalue weighted by atomic mass is 15.4. The molecule has 0 atom stereocenters. The topological polar surface area (TPSA) is 86.2 Å². The first-order valence-corrected chi connectivity index (χ1v) is 8.57. The number of aromatic nitrogens is 5. The van der Waals surface area contributed by atoms with Crippen LogP contribution >= 0.6 is 0 Å². The van der Waals surface area contributed by atoms with Gasteiger partial charge in [0.15, 0.2) is 5.82 Å². The van der Waals surface area contributed by atoms with Gasteiger partial charge < -0.3 is 20.0 Å². The Balaban J connectivity index is 1.52. The molecular formula is C16H25N9. The number of piperazine rings is 1. The zero-order chi connectivity index (χ0) is 17.5. The van der Waals surface area contributed by atoms with Gasteiger partial charge in [0.1, 0.15) is 0 Å². The highest BCUT2D eigenvalue weighted by molar-refractivity contribution is 5.41. The summed E-state index contributed by atoms with van der Waals surface area (Å²) in [4.78, 5) is 19.7. The van der Waals surface area contributed by atoms with Gasteiger partial charge in [0.25, 0.3) is 0 Å². The van der Waals surface area contributed by atoms with E-state index in [0.717, 1.165) is 57.5 Å². The van der Waals surface area contributed by atoms with Gasteiger partial charge >= 0.3 is 0 Å². The monoisotopic (exact) mass is 343 g/mol. The maximum atomic E-state index is 4.59. The second-order valence-electron chi connectivity index (χ2n) is 6.25. The lowest BCUT2D eigenvalue weighted by atomic mass is 10.3. The minimum absolute atomic E-state index is 0.672. The van der Waals surface area contributed by atoms with Crippen LogP contribution in [-0.2, 0) is 0 Å². The second kappa shape index (κ2) is 8.52. The Kier molecular flexibility index (Phi) is 5.89. The number of rotatable bonds is 7. The Morgan fingerprint density at radius 3 is 2.40 bits per heavy atom. The Morgan fingerprint density at radius 2 is 1.72 bits per heavy atom. The van der Waals surface area contributed by atoms with Gasteiger partial charge in [-0.3, -0.25) is 0 Å². The summed E-state index contributed by atoms with van der Waals surface area (Å²) < 4.78 is 0. The van der Waals surface area contributed by atoms with Gasteiger partial charge in [-0.1, -0.05) is 0 Å². The molecule has 0 bridgehead atoms. The van der Waals surface area contributed by atoms with E-state index < -0.39 is 0 Å². The molecule has 9 heteroatoms. The SMILES string of the molecule is CN(C)CCCNc1cnnc(N2CCN(c3ncccn3)CC2)n1. The minimum atomic E-state index is 0.672. The molecule has 0 unspecified atom stereocenters. The summed E-state index contributed by atoms with van der Waals surface area (Å²) in [7, 11) is 4.15. The molecule has 0 aliphatic carbocycles. The van der Waals surface area contributed by atoms with E-state index >= 15 is 0 Å². The Labute approximate surface area is 148 Å². The lowest BCUT2D eigenvalue weighted by Gasteiger charge is -2.34. The van der Waals surface area contributed by atoms with Gasteiger partial charge in [-0.2, -0.15) is 10.1 Å². The summed E-state index contributed by atoms with van der Waals surface area (Å²) in [6, 6.07) is 1.83. The molecule has 1 N–H and O–H groups in total. The zero-order valence-electron chi connectivity index (χ0n) is 14.8. The molecule has 0 aromatic carbocycles. The van der Waals surface area contributed by atoms with Gasteiger partial charge in [-0.25, -0.2) is 9.97 Å². The highest BCUT2D eigenvalue weighted by Crippen LogP contribution is 2.15. The quantitative estimate of drug-likeness (QED) is 0.716. The van der Waals surface area contributed by atoms with Crippen molar-refractivity contribution in [2.75, 3.05) is 68.5 Å². The Hall–Kier alpha value is -2.55. The Bertz CT molecular complexity index is 641. The summed E-state index contributed by atoms with van der Waals surface area (Å²) in [6.07, 6.45) is 6.27. The van der Waals surface area contributed by atoms with Crippen LogP contribution < -0.4 is 15.1 Å². The van der Waals surface area contributed by atoms with E-state index in [2.05, 4.69) is 59.3 Å². The number of anilines is 3. The van der Waals surface area contributed by atoms with E-state index in [1.54, 1.807) is 18.6 Å². The average Bonchev–Trinajstić information content (AvgIpc) is 2.66. The fraction of sp³-hybridized carbons (Fsp3) is 0.562. The minimum Gasteiger partial charge on any atom is -0.369 e. The van der Waals surface area contributed by atoms with E-state index in [1.807, 2.05) is 6.07 Å². The van der Waals surface area contributed by atoms with Gasteiger partial charge in [-0.15, -0.1) is 5.10 Å².